The van der Waals surface area contributed by atoms with E-state index in [2.05, 4.69) is 5.32 Å². The Kier molecular flexibility index (Phi) is 6.41. The Morgan fingerprint density at radius 1 is 1.03 bits per heavy atom. The first-order valence-electron chi connectivity index (χ1n) is 12.7. The summed E-state index contributed by atoms with van der Waals surface area (Å²) < 4.78 is 40.2. The first-order chi connectivity index (χ1) is 16.7. The number of nitrogens with one attached hydrogen (secondary N) is 1. The number of alkyl halides is 3. The van der Waals surface area contributed by atoms with Crippen molar-refractivity contribution < 1.29 is 22.8 Å². The Morgan fingerprint density at radius 3 is 2.31 bits per heavy atom. The number of rotatable bonds is 5. The van der Waals surface area contributed by atoms with E-state index in [1.54, 1.807) is 12.1 Å². The van der Waals surface area contributed by atoms with Crippen LogP contribution in [0, 0.1) is 35.0 Å². The summed E-state index contributed by atoms with van der Waals surface area (Å²) in [7, 11) is 0. The van der Waals surface area contributed by atoms with Gasteiger partial charge in [-0.2, -0.15) is 18.4 Å². The van der Waals surface area contributed by atoms with Gasteiger partial charge in [0.05, 0.1) is 23.1 Å². The van der Waals surface area contributed by atoms with Gasteiger partial charge >= 0.3 is 6.18 Å². The molecule has 1 aromatic rings. The van der Waals surface area contributed by atoms with Gasteiger partial charge in [0, 0.05) is 43.8 Å². The number of anilines is 1. The Morgan fingerprint density at radius 2 is 1.74 bits per heavy atom. The third-order valence-corrected chi connectivity index (χ3v) is 8.33. The number of amides is 2. The molecule has 0 unspecified atom stereocenters. The lowest BCUT2D eigenvalue weighted by atomic mass is 9.78. The molecule has 0 radical (unpaired) electrons. The van der Waals surface area contributed by atoms with E-state index in [1.165, 1.54) is 6.07 Å². The van der Waals surface area contributed by atoms with E-state index < -0.39 is 11.7 Å². The normalized spacial score (nSPS) is 25.8. The van der Waals surface area contributed by atoms with Gasteiger partial charge in [-0.3, -0.25) is 9.59 Å². The fraction of sp³-hybridized carbons (Fsp3) is 0.654. The van der Waals surface area contributed by atoms with Crippen molar-refractivity contribution in [2.75, 3.05) is 31.1 Å². The van der Waals surface area contributed by atoms with Crippen LogP contribution in [0.4, 0.5) is 18.9 Å². The average molecular weight is 489 g/mol. The van der Waals surface area contributed by atoms with Crippen molar-refractivity contribution in [1.82, 2.24) is 10.2 Å². The van der Waals surface area contributed by atoms with Gasteiger partial charge in [0.2, 0.25) is 11.8 Å². The molecule has 2 saturated heterocycles. The molecule has 4 fully saturated rings. The number of likely N-dealkylation sites (tertiary alicyclic amines) is 1. The van der Waals surface area contributed by atoms with E-state index in [9.17, 15) is 22.8 Å². The third kappa shape index (κ3) is 4.98. The quantitative estimate of drug-likeness (QED) is 0.681. The van der Waals surface area contributed by atoms with Gasteiger partial charge in [0.25, 0.3) is 0 Å². The molecule has 2 amide bonds. The van der Waals surface area contributed by atoms with Crippen molar-refractivity contribution in [3.05, 3.63) is 29.3 Å². The van der Waals surface area contributed by atoms with Crippen molar-refractivity contribution in [2.24, 2.45) is 23.7 Å². The molecule has 9 heteroatoms. The van der Waals surface area contributed by atoms with Gasteiger partial charge in [0.15, 0.2) is 0 Å². The van der Waals surface area contributed by atoms with Crippen LogP contribution < -0.4 is 10.2 Å². The Labute approximate surface area is 203 Å². The van der Waals surface area contributed by atoms with Crippen LogP contribution in [-0.4, -0.2) is 48.9 Å². The summed E-state index contributed by atoms with van der Waals surface area (Å²) in [6.07, 6.45) is 1.90. The zero-order valence-corrected chi connectivity index (χ0v) is 19.7. The Bertz CT molecular complexity index is 1020. The average Bonchev–Trinajstić information content (AvgIpc) is 3.50. The van der Waals surface area contributed by atoms with E-state index >= 15 is 0 Å². The summed E-state index contributed by atoms with van der Waals surface area (Å²) in [5.41, 5.74) is -0.814. The highest BCUT2D eigenvalue weighted by Crippen LogP contribution is 2.40. The highest BCUT2D eigenvalue weighted by Gasteiger charge is 2.46. The molecule has 1 aromatic carbocycles. The second-order valence-electron chi connectivity index (χ2n) is 10.6. The van der Waals surface area contributed by atoms with Crippen LogP contribution in [0.2, 0.25) is 0 Å². The molecule has 2 atom stereocenters. The lowest BCUT2D eigenvalue weighted by Crippen LogP contribution is -2.42. The molecule has 6 nitrogen and oxygen atoms in total. The topological polar surface area (TPSA) is 76.4 Å². The number of hydrogen-bond donors (Lipinski definition) is 1. The number of hydrogen-bond acceptors (Lipinski definition) is 4. The molecule has 2 saturated carbocycles. The summed E-state index contributed by atoms with van der Waals surface area (Å²) >= 11 is 0. The highest BCUT2D eigenvalue weighted by atomic mass is 19.4. The second kappa shape index (κ2) is 9.36. The van der Waals surface area contributed by atoms with Gasteiger partial charge in [-0.15, -0.1) is 0 Å². The maximum Gasteiger partial charge on any atom is 0.417 e. The molecule has 188 valence electrons. The largest absolute Gasteiger partial charge is 0.417 e. The number of halogens is 3. The van der Waals surface area contributed by atoms with E-state index in [4.69, 9.17) is 5.26 Å². The lowest BCUT2D eigenvalue weighted by Gasteiger charge is -2.37. The van der Waals surface area contributed by atoms with E-state index in [0.717, 1.165) is 51.0 Å². The predicted octanol–water partition coefficient (Wildman–Crippen LogP) is 3.95. The molecule has 2 aliphatic heterocycles. The van der Waals surface area contributed by atoms with Crippen LogP contribution >= 0.6 is 0 Å². The molecule has 2 heterocycles. The van der Waals surface area contributed by atoms with Crippen LogP contribution in [-0.2, 0) is 15.8 Å². The van der Waals surface area contributed by atoms with Crippen LogP contribution in [0.1, 0.15) is 56.1 Å². The minimum absolute atomic E-state index is 0.0470. The molecule has 0 spiro atoms. The van der Waals surface area contributed by atoms with Gasteiger partial charge in [0.1, 0.15) is 0 Å². The van der Waals surface area contributed by atoms with Gasteiger partial charge in [-0.1, -0.05) is 6.42 Å². The van der Waals surface area contributed by atoms with E-state index in [-0.39, 0.29) is 47.1 Å². The fourth-order valence-electron chi connectivity index (χ4n) is 5.86. The third-order valence-electron chi connectivity index (χ3n) is 8.33. The van der Waals surface area contributed by atoms with E-state index in [1.807, 2.05) is 9.80 Å². The van der Waals surface area contributed by atoms with Crippen LogP contribution in [0.25, 0.3) is 0 Å². The van der Waals surface area contributed by atoms with Crippen molar-refractivity contribution in [3.8, 4) is 6.07 Å². The van der Waals surface area contributed by atoms with Crippen molar-refractivity contribution in [3.63, 3.8) is 0 Å². The molecule has 1 N–H and O–H groups in total. The number of carbonyl (C=O) groups is 2. The minimum atomic E-state index is -4.58. The zero-order valence-electron chi connectivity index (χ0n) is 19.7. The first kappa shape index (κ1) is 24.0. The standard InChI is InChI=1S/C26H31F3N4O2/c27-26(28,29)23-12-20(7-4-18(23)13-30)32-10-8-16(9-11-32)21-14-33(25(35)17-2-1-3-17)15-22(21)24(34)31-19-5-6-19/h4,7,12,16-17,19,21-22H,1-3,5-6,8-11,14-15H2,(H,31,34)/t21-,22+/m0/s1. The Balaban J connectivity index is 1.27. The number of piperidine rings is 1. The van der Waals surface area contributed by atoms with Gasteiger partial charge in [-0.05, 0) is 68.6 Å². The lowest BCUT2D eigenvalue weighted by molar-refractivity contribution is -0.138. The molecule has 2 aliphatic carbocycles. The monoisotopic (exact) mass is 488 g/mol. The smallest absolute Gasteiger partial charge is 0.372 e. The first-order valence-corrected chi connectivity index (χ1v) is 12.7. The highest BCUT2D eigenvalue weighted by molar-refractivity contribution is 5.84. The fourth-order valence-corrected chi connectivity index (χ4v) is 5.86. The van der Waals surface area contributed by atoms with Gasteiger partial charge in [-0.25, -0.2) is 0 Å². The number of benzene rings is 1. The molecule has 5 rings (SSSR count). The number of nitrogens with zero attached hydrogens (tertiary/aromatic N) is 3. The zero-order chi connectivity index (χ0) is 24.7. The molecule has 35 heavy (non-hydrogen) atoms. The predicted molar refractivity (Wildman–Crippen MR) is 123 cm³/mol. The summed E-state index contributed by atoms with van der Waals surface area (Å²) in [5.74, 6) is 0.417. The van der Waals surface area contributed by atoms with Crippen molar-refractivity contribution >= 4 is 17.5 Å². The SMILES string of the molecule is N#Cc1ccc(N2CCC([C@@H]3CN(C(=O)C4CCC4)C[C@H]3C(=O)NC3CC3)CC2)cc1C(F)(F)F. The summed E-state index contributed by atoms with van der Waals surface area (Å²) in [6.45, 7) is 2.23. The molecular weight excluding hydrogens is 457 g/mol. The minimum Gasteiger partial charge on any atom is -0.372 e. The summed E-state index contributed by atoms with van der Waals surface area (Å²) in [6, 6.07) is 5.78. The van der Waals surface area contributed by atoms with Crippen LogP contribution in [0.5, 0.6) is 0 Å². The molecule has 4 aliphatic rings. The number of carbonyl (C=O) groups excluding carboxylic acids is 2. The summed E-state index contributed by atoms with van der Waals surface area (Å²) in [4.78, 5) is 29.8. The second-order valence-corrected chi connectivity index (χ2v) is 10.6. The number of nitriles is 1. The Hall–Kier alpha value is -2.76. The maximum atomic E-state index is 13.4. The molecule has 0 aromatic heterocycles. The summed E-state index contributed by atoms with van der Waals surface area (Å²) in [5, 5.41) is 12.2. The van der Waals surface area contributed by atoms with E-state index in [0.29, 0.717) is 31.9 Å². The van der Waals surface area contributed by atoms with Crippen molar-refractivity contribution in [1.29, 1.82) is 5.26 Å². The van der Waals surface area contributed by atoms with Crippen molar-refractivity contribution in [2.45, 2.75) is 57.2 Å². The van der Waals surface area contributed by atoms with Crippen LogP contribution in [0.15, 0.2) is 18.2 Å². The molecule has 0 bridgehead atoms. The maximum absolute atomic E-state index is 13.4. The van der Waals surface area contributed by atoms with Gasteiger partial charge < -0.3 is 15.1 Å². The van der Waals surface area contributed by atoms with Crippen LogP contribution in [0.3, 0.4) is 0 Å². The molecular formula is C26H31F3N4O2.